The van der Waals surface area contributed by atoms with Crippen molar-refractivity contribution in [3.05, 3.63) is 34.5 Å². The van der Waals surface area contributed by atoms with Gasteiger partial charge in [-0.15, -0.1) is 0 Å². The summed E-state index contributed by atoms with van der Waals surface area (Å²) in [6, 6.07) is 1.83. The summed E-state index contributed by atoms with van der Waals surface area (Å²) in [7, 11) is 0. The zero-order valence-corrected chi connectivity index (χ0v) is 13.5. The molecule has 0 aliphatic carbocycles. The summed E-state index contributed by atoms with van der Waals surface area (Å²) in [5.41, 5.74) is 3.57. The predicted octanol–water partition coefficient (Wildman–Crippen LogP) is 3.58. The number of aryl methyl sites for hydroxylation is 2. The summed E-state index contributed by atoms with van der Waals surface area (Å²) < 4.78 is 0. The number of carboxylic acids is 1. The Bertz CT molecular complexity index is 598. The molecule has 1 aliphatic rings. The second kappa shape index (κ2) is 5.51. The number of aromatic nitrogens is 1. The number of carbonyl (C=O) groups is 1. The maximum absolute atomic E-state index is 11.5. The molecule has 0 bridgehead atoms. The maximum atomic E-state index is 11.5. The van der Waals surface area contributed by atoms with Crippen LogP contribution in [0.3, 0.4) is 0 Å². The van der Waals surface area contributed by atoms with E-state index in [-0.39, 0.29) is 5.41 Å². The second-order valence-corrected chi connectivity index (χ2v) is 6.76. The predicted molar refractivity (Wildman–Crippen MR) is 85.0 cm³/mol. The van der Waals surface area contributed by atoms with E-state index in [0.717, 1.165) is 30.8 Å². The van der Waals surface area contributed by atoms with Gasteiger partial charge in [0.05, 0.1) is 0 Å². The van der Waals surface area contributed by atoms with Crippen molar-refractivity contribution in [3.63, 3.8) is 0 Å². The van der Waals surface area contributed by atoms with Crippen molar-refractivity contribution in [2.75, 3.05) is 18.0 Å². The largest absolute Gasteiger partial charge is 0.478 e. The highest BCUT2D eigenvalue weighted by atomic mass is 16.4. The third-order valence-corrected chi connectivity index (χ3v) is 4.01. The molecule has 21 heavy (non-hydrogen) atoms. The minimum absolute atomic E-state index is 0.178. The minimum atomic E-state index is -0.902. The lowest BCUT2D eigenvalue weighted by molar-refractivity contribution is 0.0696. The molecule has 114 valence electrons. The van der Waals surface area contributed by atoms with Crippen molar-refractivity contribution < 1.29 is 9.90 Å². The number of aromatic carboxylic acids is 1. The first-order valence-corrected chi connectivity index (χ1v) is 7.36. The van der Waals surface area contributed by atoms with Crippen LogP contribution in [0.1, 0.15) is 48.8 Å². The quantitative estimate of drug-likeness (QED) is 0.845. The van der Waals surface area contributed by atoms with Gasteiger partial charge in [-0.05, 0) is 37.3 Å². The van der Waals surface area contributed by atoms with Crippen LogP contribution in [0.25, 0.3) is 0 Å². The lowest BCUT2D eigenvalue weighted by Crippen LogP contribution is -2.33. The number of anilines is 1. The molecule has 1 aromatic rings. The Kier molecular flexibility index (Phi) is 4.08. The highest BCUT2D eigenvalue weighted by molar-refractivity contribution is 5.95. The molecule has 0 atom stereocenters. The Morgan fingerprint density at radius 1 is 1.33 bits per heavy atom. The van der Waals surface area contributed by atoms with Gasteiger partial charge < -0.3 is 10.0 Å². The third kappa shape index (κ3) is 3.26. The van der Waals surface area contributed by atoms with Crippen LogP contribution in [-0.2, 0) is 0 Å². The zero-order chi connectivity index (χ0) is 15.8. The van der Waals surface area contributed by atoms with Crippen molar-refractivity contribution in [1.29, 1.82) is 0 Å². The molecule has 0 radical (unpaired) electrons. The first-order valence-electron chi connectivity index (χ1n) is 7.36. The summed E-state index contributed by atoms with van der Waals surface area (Å²) in [5, 5.41) is 9.47. The molecule has 1 aromatic heterocycles. The number of rotatable bonds is 2. The fourth-order valence-electron chi connectivity index (χ4n) is 2.85. The average Bonchev–Trinajstić information content (AvgIpc) is 2.36. The Morgan fingerprint density at radius 2 is 2.00 bits per heavy atom. The van der Waals surface area contributed by atoms with Gasteiger partial charge in [-0.25, -0.2) is 9.78 Å². The van der Waals surface area contributed by atoms with Gasteiger partial charge in [0.15, 0.2) is 0 Å². The maximum Gasteiger partial charge on any atom is 0.339 e. The second-order valence-electron chi connectivity index (χ2n) is 6.76. The first kappa shape index (κ1) is 15.5. The molecule has 2 rings (SSSR count). The van der Waals surface area contributed by atoms with Gasteiger partial charge in [-0.1, -0.05) is 32.4 Å². The Balaban J connectivity index is 2.37. The van der Waals surface area contributed by atoms with Gasteiger partial charge in [-0.2, -0.15) is 0 Å². The van der Waals surface area contributed by atoms with Gasteiger partial charge in [-0.3, -0.25) is 0 Å². The molecule has 1 aliphatic heterocycles. The van der Waals surface area contributed by atoms with E-state index in [1.54, 1.807) is 0 Å². The monoisotopic (exact) mass is 288 g/mol. The van der Waals surface area contributed by atoms with Crippen LogP contribution >= 0.6 is 0 Å². The van der Waals surface area contributed by atoms with E-state index in [4.69, 9.17) is 0 Å². The standard InChI is InChI=1S/C17H24N2O2/c1-11-10-12(2)18-15(14(11)16(20)21)19-8-6-13(7-9-19)17(3,4)5/h6,10H,7-9H2,1-5H3,(H,20,21). The van der Waals surface area contributed by atoms with Crippen LogP contribution in [0.2, 0.25) is 0 Å². The van der Waals surface area contributed by atoms with Gasteiger partial charge in [0.25, 0.3) is 0 Å². The van der Waals surface area contributed by atoms with E-state index in [1.165, 1.54) is 5.57 Å². The topological polar surface area (TPSA) is 53.4 Å². The number of carboxylic acid groups (broad SMARTS) is 1. The number of hydrogen-bond acceptors (Lipinski definition) is 3. The van der Waals surface area contributed by atoms with Crippen LogP contribution in [0, 0.1) is 19.3 Å². The smallest absolute Gasteiger partial charge is 0.339 e. The van der Waals surface area contributed by atoms with Gasteiger partial charge >= 0.3 is 5.97 Å². The molecule has 2 heterocycles. The molecule has 0 saturated heterocycles. The van der Waals surface area contributed by atoms with Crippen LogP contribution in [0.4, 0.5) is 5.82 Å². The summed E-state index contributed by atoms with van der Waals surface area (Å²) in [4.78, 5) is 18.1. The third-order valence-electron chi connectivity index (χ3n) is 4.01. The van der Waals surface area contributed by atoms with Crippen molar-refractivity contribution >= 4 is 11.8 Å². The number of nitrogens with zero attached hydrogens (tertiary/aromatic N) is 2. The Hall–Kier alpha value is -1.84. The molecule has 0 spiro atoms. The molecule has 4 nitrogen and oxygen atoms in total. The van der Waals surface area contributed by atoms with E-state index in [2.05, 4.69) is 36.7 Å². The van der Waals surface area contributed by atoms with Crippen LogP contribution in [-0.4, -0.2) is 29.1 Å². The van der Waals surface area contributed by atoms with Gasteiger partial charge in [0.1, 0.15) is 11.4 Å². The van der Waals surface area contributed by atoms with E-state index in [1.807, 2.05) is 19.9 Å². The molecule has 0 fully saturated rings. The Labute approximate surface area is 126 Å². The van der Waals surface area contributed by atoms with E-state index >= 15 is 0 Å². The van der Waals surface area contributed by atoms with Gasteiger partial charge in [0.2, 0.25) is 0 Å². The normalized spacial score (nSPS) is 15.9. The first-order chi connectivity index (χ1) is 9.70. The number of hydrogen-bond donors (Lipinski definition) is 1. The molecule has 0 unspecified atom stereocenters. The lowest BCUT2D eigenvalue weighted by atomic mass is 9.83. The molecule has 0 aromatic carbocycles. The molecular weight excluding hydrogens is 264 g/mol. The van der Waals surface area contributed by atoms with Crippen LogP contribution in [0.5, 0.6) is 0 Å². The van der Waals surface area contributed by atoms with E-state index in [0.29, 0.717) is 11.4 Å². The van der Waals surface area contributed by atoms with Crippen molar-refractivity contribution in [2.24, 2.45) is 5.41 Å². The minimum Gasteiger partial charge on any atom is -0.478 e. The van der Waals surface area contributed by atoms with Crippen molar-refractivity contribution in [1.82, 2.24) is 4.98 Å². The van der Waals surface area contributed by atoms with Crippen molar-refractivity contribution in [3.8, 4) is 0 Å². The SMILES string of the molecule is Cc1cc(C)c(C(=O)O)c(N2CC=C(C(C)(C)C)CC2)n1. The fourth-order valence-corrected chi connectivity index (χ4v) is 2.85. The Morgan fingerprint density at radius 3 is 2.48 bits per heavy atom. The molecule has 0 amide bonds. The highest BCUT2D eigenvalue weighted by Gasteiger charge is 2.25. The van der Waals surface area contributed by atoms with Gasteiger partial charge in [0, 0.05) is 18.8 Å². The zero-order valence-electron chi connectivity index (χ0n) is 13.5. The summed E-state index contributed by atoms with van der Waals surface area (Å²) in [5.74, 6) is -0.301. The lowest BCUT2D eigenvalue weighted by Gasteiger charge is -2.33. The summed E-state index contributed by atoms with van der Waals surface area (Å²) in [6.07, 6.45) is 3.17. The molecule has 1 N–H and O–H groups in total. The van der Waals surface area contributed by atoms with Crippen LogP contribution < -0.4 is 4.90 Å². The average molecular weight is 288 g/mol. The van der Waals surface area contributed by atoms with E-state index in [9.17, 15) is 9.90 Å². The highest BCUT2D eigenvalue weighted by Crippen LogP contribution is 2.32. The summed E-state index contributed by atoms with van der Waals surface area (Å²) >= 11 is 0. The molecular formula is C17H24N2O2. The molecule has 0 saturated carbocycles. The van der Waals surface area contributed by atoms with E-state index < -0.39 is 5.97 Å². The van der Waals surface area contributed by atoms with Crippen molar-refractivity contribution in [2.45, 2.75) is 41.0 Å². The molecule has 4 heteroatoms. The fraction of sp³-hybridized carbons (Fsp3) is 0.529. The summed E-state index contributed by atoms with van der Waals surface area (Å²) in [6.45, 7) is 11.9. The van der Waals surface area contributed by atoms with Crippen LogP contribution in [0.15, 0.2) is 17.7 Å². The number of pyridine rings is 1.